The summed E-state index contributed by atoms with van der Waals surface area (Å²) >= 11 is 0. The van der Waals surface area contributed by atoms with E-state index in [2.05, 4.69) is 10.3 Å². The Morgan fingerprint density at radius 2 is 2.13 bits per heavy atom. The normalized spacial score (nSPS) is 11.2. The van der Waals surface area contributed by atoms with Crippen LogP contribution in [0.4, 0.5) is 0 Å². The summed E-state index contributed by atoms with van der Waals surface area (Å²) in [5.74, 6) is 0.0376. The molecule has 0 fully saturated rings. The molecule has 0 spiro atoms. The van der Waals surface area contributed by atoms with Crippen LogP contribution in [0.2, 0.25) is 0 Å². The van der Waals surface area contributed by atoms with Crippen molar-refractivity contribution in [2.75, 3.05) is 6.54 Å². The van der Waals surface area contributed by atoms with Gasteiger partial charge in [-0.3, -0.25) is 9.78 Å². The lowest BCUT2D eigenvalue weighted by Gasteiger charge is -2.23. The molecule has 0 bridgehead atoms. The molecule has 1 rings (SSSR count). The van der Waals surface area contributed by atoms with Crippen molar-refractivity contribution in [2.24, 2.45) is 0 Å². The van der Waals surface area contributed by atoms with Crippen LogP contribution in [0, 0.1) is 6.92 Å². The van der Waals surface area contributed by atoms with Crippen molar-refractivity contribution in [3.05, 3.63) is 29.6 Å². The maximum absolute atomic E-state index is 11.8. The zero-order valence-corrected chi connectivity index (χ0v) is 9.79. The maximum atomic E-state index is 11.8. The van der Waals surface area contributed by atoms with E-state index in [1.165, 1.54) is 0 Å². The number of likely N-dealkylation sites (N-methyl/N-ethyl adjacent to an activating group) is 1. The first kappa shape index (κ1) is 11.7. The zero-order valence-electron chi connectivity index (χ0n) is 9.79. The summed E-state index contributed by atoms with van der Waals surface area (Å²) in [6, 6.07) is 3.88. The molecule has 0 atom stereocenters. The first-order chi connectivity index (χ1) is 6.98. The van der Waals surface area contributed by atoms with E-state index in [4.69, 9.17) is 0 Å². The minimum Gasteiger partial charge on any atom is -0.356 e. The number of aryl methyl sites for hydroxylation is 1. The van der Waals surface area contributed by atoms with Gasteiger partial charge in [-0.15, -0.1) is 0 Å². The van der Waals surface area contributed by atoms with E-state index in [9.17, 15) is 4.79 Å². The second-order valence-corrected chi connectivity index (χ2v) is 4.17. The lowest BCUT2D eigenvalue weighted by molar-refractivity contribution is -0.125. The van der Waals surface area contributed by atoms with Crippen molar-refractivity contribution in [3.8, 4) is 0 Å². The molecule has 0 aliphatic carbocycles. The van der Waals surface area contributed by atoms with Crippen molar-refractivity contribution < 1.29 is 4.79 Å². The van der Waals surface area contributed by atoms with E-state index in [-0.39, 0.29) is 5.91 Å². The third-order valence-electron chi connectivity index (χ3n) is 2.54. The van der Waals surface area contributed by atoms with Crippen LogP contribution in [-0.4, -0.2) is 17.4 Å². The van der Waals surface area contributed by atoms with E-state index in [1.54, 1.807) is 6.20 Å². The predicted molar refractivity (Wildman–Crippen MR) is 60.7 cm³/mol. The summed E-state index contributed by atoms with van der Waals surface area (Å²) in [6.07, 6.45) is 1.77. The van der Waals surface area contributed by atoms with Crippen molar-refractivity contribution in [1.82, 2.24) is 10.3 Å². The highest BCUT2D eigenvalue weighted by Crippen LogP contribution is 2.22. The zero-order chi connectivity index (χ0) is 11.5. The second kappa shape index (κ2) is 4.43. The van der Waals surface area contributed by atoms with Gasteiger partial charge in [0, 0.05) is 18.4 Å². The van der Waals surface area contributed by atoms with E-state index in [0.29, 0.717) is 6.54 Å². The number of hydrogen-bond donors (Lipinski definition) is 1. The summed E-state index contributed by atoms with van der Waals surface area (Å²) in [5.41, 5.74) is 1.39. The highest BCUT2D eigenvalue weighted by atomic mass is 16.2. The van der Waals surface area contributed by atoms with Crippen LogP contribution in [0.1, 0.15) is 32.0 Å². The van der Waals surface area contributed by atoms with Crippen molar-refractivity contribution in [2.45, 2.75) is 33.1 Å². The molecule has 3 nitrogen and oxygen atoms in total. The monoisotopic (exact) mass is 206 g/mol. The number of aromatic nitrogens is 1. The molecule has 0 saturated heterocycles. The fourth-order valence-corrected chi connectivity index (χ4v) is 1.35. The van der Waals surface area contributed by atoms with Gasteiger partial charge in [0.25, 0.3) is 0 Å². The summed E-state index contributed by atoms with van der Waals surface area (Å²) in [5, 5.41) is 2.83. The molecule has 0 saturated carbocycles. The van der Waals surface area contributed by atoms with Crippen LogP contribution in [0.15, 0.2) is 18.3 Å². The number of nitrogens with one attached hydrogen (secondary N) is 1. The van der Waals surface area contributed by atoms with Gasteiger partial charge in [-0.25, -0.2) is 0 Å². The maximum Gasteiger partial charge on any atom is 0.230 e. The molecular formula is C12H18N2O. The Balaban J connectivity index is 2.94. The summed E-state index contributed by atoms with van der Waals surface area (Å²) in [7, 11) is 0. The van der Waals surface area contributed by atoms with Crippen LogP contribution >= 0.6 is 0 Å². The fourth-order valence-electron chi connectivity index (χ4n) is 1.35. The largest absolute Gasteiger partial charge is 0.356 e. The Bertz CT molecular complexity index is 341. The van der Waals surface area contributed by atoms with Gasteiger partial charge < -0.3 is 5.32 Å². The molecule has 0 aliphatic heterocycles. The number of hydrogen-bond acceptors (Lipinski definition) is 2. The lowest BCUT2D eigenvalue weighted by Crippen LogP contribution is -2.39. The van der Waals surface area contributed by atoms with Crippen LogP contribution in [0.25, 0.3) is 0 Å². The Kier molecular flexibility index (Phi) is 3.45. The SMILES string of the molecule is CCNC(=O)C(C)(C)c1ccc(C)nc1. The fraction of sp³-hybridized carbons (Fsp3) is 0.500. The summed E-state index contributed by atoms with van der Waals surface area (Å²) in [6.45, 7) is 8.32. The molecule has 1 aromatic rings. The molecule has 3 heteroatoms. The molecule has 82 valence electrons. The average Bonchev–Trinajstić information content (AvgIpc) is 2.18. The molecule has 0 aromatic carbocycles. The number of carbonyl (C=O) groups is 1. The molecule has 0 unspecified atom stereocenters. The van der Waals surface area contributed by atoms with Gasteiger partial charge in [-0.1, -0.05) is 6.07 Å². The third kappa shape index (κ3) is 2.55. The molecule has 15 heavy (non-hydrogen) atoms. The summed E-state index contributed by atoms with van der Waals surface area (Å²) in [4.78, 5) is 16.0. The van der Waals surface area contributed by atoms with Crippen LogP contribution in [0.5, 0.6) is 0 Å². The van der Waals surface area contributed by atoms with Gasteiger partial charge in [0.1, 0.15) is 0 Å². The first-order valence-corrected chi connectivity index (χ1v) is 5.20. The van der Waals surface area contributed by atoms with E-state index >= 15 is 0 Å². The molecule has 1 amide bonds. The Hall–Kier alpha value is -1.38. The smallest absolute Gasteiger partial charge is 0.230 e. The van der Waals surface area contributed by atoms with Gasteiger partial charge in [0.15, 0.2) is 0 Å². The lowest BCUT2D eigenvalue weighted by atomic mass is 9.84. The van der Waals surface area contributed by atoms with Gasteiger partial charge in [-0.05, 0) is 39.3 Å². The van der Waals surface area contributed by atoms with Gasteiger partial charge in [-0.2, -0.15) is 0 Å². The second-order valence-electron chi connectivity index (χ2n) is 4.17. The van der Waals surface area contributed by atoms with Gasteiger partial charge in [0.05, 0.1) is 5.41 Å². The third-order valence-corrected chi connectivity index (χ3v) is 2.54. The minimum atomic E-state index is -0.517. The predicted octanol–water partition coefficient (Wildman–Crippen LogP) is 1.80. The Labute approximate surface area is 90.9 Å². The molecule has 0 aliphatic rings. The molecule has 1 heterocycles. The van der Waals surface area contributed by atoms with Crippen molar-refractivity contribution >= 4 is 5.91 Å². The number of pyridine rings is 1. The van der Waals surface area contributed by atoms with Gasteiger partial charge >= 0.3 is 0 Å². The molecule has 1 N–H and O–H groups in total. The number of amides is 1. The average molecular weight is 206 g/mol. The van der Waals surface area contributed by atoms with Crippen molar-refractivity contribution in [1.29, 1.82) is 0 Å². The number of rotatable bonds is 3. The first-order valence-electron chi connectivity index (χ1n) is 5.20. The molecule has 0 radical (unpaired) electrons. The quantitative estimate of drug-likeness (QED) is 0.819. The minimum absolute atomic E-state index is 0.0376. The van der Waals surface area contributed by atoms with E-state index in [1.807, 2.05) is 39.8 Å². The highest BCUT2D eigenvalue weighted by molar-refractivity contribution is 5.87. The summed E-state index contributed by atoms with van der Waals surface area (Å²) < 4.78 is 0. The van der Waals surface area contributed by atoms with Gasteiger partial charge in [0.2, 0.25) is 5.91 Å². The van der Waals surface area contributed by atoms with Crippen molar-refractivity contribution in [3.63, 3.8) is 0 Å². The van der Waals surface area contributed by atoms with Crippen LogP contribution in [0.3, 0.4) is 0 Å². The van der Waals surface area contributed by atoms with E-state index in [0.717, 1.165) is 11.3 Å². The standard InChI is InChI=1S/C12H18N2O/c1-5-13-11(15)12(3,4)10-7-6-9(2)14-8-10/h6-8H,5H2,1-4H3,(H,13,15). The van der Waals surface area contributed by atoms with Crippen LogP contribution < -0.4 is 5.32 Å². The number of carbonyl (C=O) groups excluding carboxylic acids is 1. The number of nitrogens with zero attached hydrogens (tertiary/aromatic N) is 1. The van der Waals surface area contributed by atoms with E-state index < -0.39 is 5.41 Å². The highest BCUT2D eigenvalue weighted by Gasteiger charge is 2.29. The Morgan fingerprint density at radius 3 is 2.60 bits per heavy atom. The topological polar surface area (TPSA) is 42.0 Å². The molecular weight excluding hydrogens is 188 g/mol. The van der Waals surface area contributed by atoms with Crippen LogP contribution in [-0.2, 0) is 10.2 Å². The Morgan fingerprint density at radius 1 is 1.47 bits per heavy atom. The molecule has 1 aromatic heterocycles.